The summed E-state index contributed by atoms with van der Waals surface area (Å²) < 4.78 is 0. The van der Waals surface area contributed by atoms with E-state index in [4.69, 9.17) is 17.2 Å². The number of carbonyl (C=O) groups is 3. The Labute approximate surface area is 160 Å². The van der Waals surface area contributed by atoms with Crippen molar-refractivity contribution in [2.45, 2.75) is 59.7 Å². The Morgan fingerprint density at radius 3 is 0.680 bits per heavy atom. The molecule has 0 aromatic rings. The third kappa shape index (κ3) is 19.0. The van der Waals surface area contributed by atoms with E-state index in [0.717, 1.165) is 0 Å². The van der Waals surface area contributed by atoms with E-state index in [1.54, 1.807) is 41.5 Å². The van der Waals surface area contributed by atoms with Crippen LogP contribution in [-0.4, -0.2) is 53.4 Å². The molecule has 0 aliphatic heterocycles. The van der Waals surface area contributed by atoms with Gasteiger partial charge in [0.05, 0.1) is 17.9 Å². The maximum Gasteiger partial charge on any atom is 3.00 e. The Morgan fingerprint density at radius 1 is 0.560 bits per heavy atom. The second kappa shape index (κ2) is 16.3. The molecule has 0 saturated heterocycles. The van der Waals surface area contributed by atoms with Crippen LogP contribution in [-0.2, 0) is 14.4 Å². The van der Waals surface area contributed by atoms with Crippen molar-refractivity contribution in [2.75, 3.05) is 0 Å². The van der Waals surface area contributed by atoms with Gasteiger partial charge in [0.1, 0.15) is 0 Å². The minimum absolute atomic E-state index is 0. The molecular formula is C15H30AlN3O6. The third-order valence-electron chi connectivity index (χ3n) is 2.97. The normalized spacial score (nSPS) is 13.4. The summed E-state index contributed by atoms with van der Waals surface area (Å²) >= 11 is 0. The van der Waals surface area contributed by atoms with Crippen molar-refractivity contribution in [3.63, 3.8) is 0 Å². The van der Waals surface area contributed by atoms with E-state index in [9.17, 15) is 29.7 Å². The van der Waals surface area contributed by atoms with Crippen molar-refractivity contribution in [2.24, 2.45) is 35.0 Å². The molecule has 0 aromatic heterocycles. The molecule has 0 rings (SSSR count). The van der Waals surface area contributed by atoms with Gasteiger partial charge in [0.2, 0.25) is 0 Å². The zero-order valence-corrected chi connectivity index (χ0v) is 16.9. The Bertz CT molecular complexity index is 334. The van der Waals surface area contributed by atoms with Gasteiger partial charge in [-0.1, -0.05) is 41.5 Å². The number of hydrogen-bond acceptors (Lipinski definition) is 9. The number of aliphatic carboxylic acids is 3. The largest absolute Gasteiger partial charge is 3.00 e. The molecule has 0 aliphatic rings. The van der Waals surface area contributed by atoms with Crippen molar-refractivity contribution >= 4 is 35.3 Å². The summed E-state index contributed by atoms with van der Waals surface area (Å²) in [6.07, 6.45) is 0. The summed E-state index contributed by atoms with van der Waals surface area (Å²) in [5.41, 5.74) is 15.3. The minimum atomic E-state index is -1.18. The molecule has 10 heteroatoms. The van der Waals surface area contributed by atoms with Crippen LogP contribution in [0.25, 0.3) is 0 Å². The molecule has 0 radical (unpaired) electrons. The number of nitrogens with two attached hydrogens (primary N) is 3. The van der Waals surface area contributed by atoms with Crippen LogP contribution < -0.4 is 32.5 Å². The van der Waals surface area contributed by atoms with Crippen LogP contribution in [0.4, 0.5) is 0 Å². The van der Waals surface area contributed by atoms with Crippen molar-refractivity contribution in [3.05, 3.63) is 0 Å². The molecule has 0 aliphatic carbocycles. The molecule has 6 N–H and O–H groups in total. The summed E-state index contributed by atoms with van der Waals surface area (Å²) in [4.78, 5) is 29.7. The zero-order chi connectivity index (χ0) is 20.2. The van der Waals surface area contributed by atoms with Gasteiger partial charge < -0.3 is 46.9 Å². The third-order valence-corrected chi connectivity index (χ3v) is 2.97. The van der Waals surface area contributed by atoms with Crippen molar-refractivity contribution < 1.29 is 29.7 Å². The van der Waals surface area contributed by atoms with Gasteiger partial charge in [0, 0.05) is 18.1 Å². The van der Waals surface area contributed by atoms with Crippen molar-refractivity contribution in [3.8, 4) is 0 Å². The van der Waals surface area contributed by atoms with E-state index in [-0.39, 0.29) is 35.1 Å². The second-order valence-corrected chi connectivity index (χ2v) is 6.27. The van der Waals surface area contributed by atoms with Gasteiger partial charge in [-0.05, 0) is 17.8 Å². The van der Waals surface area contributed by atoms with Crippen LogP contribution in [0.5, 0.6) is 0 Å². The van der Waals surface area contributed by atoms with Gasteiger partial charge in [-0.2, -0.15) is 0 Å². The first-order valence-electron chi connectivity index (χ1n) is 7.55. The molecule has 25 heavy (non-hydrogen) atoms. The quantitative estimate of drug-likeness (QED) is 0.385. The number of carboxylic acids is 3. The summed E-state index contributed by atoms with van der Waals surface area (Å²) in [5.74, 6) is -3.67. The zero-order valence-electron chi connectivity index (χ0n) is 15.7. The van der Waals surface area contributed by atoms with E-state index in [0.29, 0.717) is 0 Å². The number of carboxylic acid groups (broad SMARTS) is 3. The molecule has 9 nitrogen and oxygen atoms in total. The summed E-state index contributed by atoms with van der Waals surface area (Å²) in [5, 5.41) is 29.7. The van der Waals surface area contributed by atoms with Gasteiger partial charge in [-0.3, -0.25) is 0 Å². The smallest absolute Gasteiger partial charge is 0.548 e. The van der Waals surface area contributed by atoms with Gasteiger partial charge in [0.15, 0.2) is 0 Å². The summed E-state index contributed by atoms with van der Waals surface area (Å²) in [7, 11) is 0. The fraction of sp³-hybridized carbons (Fsp3) is 0.800. The fourth-order valence-electron chi connectivity index (χ4n) is 0.816. The maximum absolute atomic E-state index is 9.90. The van der Waals surface area contributed by atoms with Gasteiger partial charge in [-0.25, -0.2) is 0 Å². The predicted octanol–water partition coefficient (Wildman–Crippen LogP) is -4.22. The molecule has 0 bridgehead atoms. The van der Waals surface area contributed by atoms with Crippen LogP contribution in [0.3, 0.4) is 0 Å². The average molecular weight is 375 g/mol. The minimum Gasteiger partial charge on any atom is -0.548 e. The molecule has 0 fully saturated rings. The van der Waals surface area contributed by atoms with Crippen LogP contribution in [0.1, 0.15) is 41.5 Å². The Hall–Kier alpha value is -1.18. The standard InChI is InChI=1S/3C5H11NO2.Al/c3*1-3(2)4(6)5(7)8;/h3*3-4H,6H2,1-2H3,(H,7,8);/q;;;+3/p-3/t3*4-;/m000./s1. The predicted molar refractivity (Wildman–Crippen MR) is 89.2 cm³/mol. The summed E-state index contributed by atoms with van der Waals surface area (Å²) in [6, 6.07) is -2.47. The van der Waals surface area contributed by atoms with Gasteiger partial charge in [0.25, 0.3) is 0 Å². The Morgan fingerprint density at radius 2 is 0.680 bits per heavy atom. The maximum atomic E-state index is 9.90. The summed E-state index contributed by atoms with van der Waals surface area (Å²) in [6.45, 7) is 10.4. The van der Waals surface area contributed by atoms with Crippen molar-refractivity contribution in [1.82, 2.24) is 0 Å². The fourth-order valence-corrected chi connectivity index (χ4v) is 0.816. The number of carbonyl (C=O) groups excluding carboxylic acids is 3. The van der Waals surface area contributed by atoms with E-state index in [1.807, 2.05) is 0 Å². The first kappa shape index (κ1) is 31.6. The molecule has 0 spiro atoms. The van der Waals surface area contributed by atoms with Gasteiger partial charge >= 0.3 is 17.4 Å². The molecule has 144 valence electrons. The van der Waals surface area contributed by atoms with E-state index < -0.39 is 36.0 Å². The molecule has 0 saturated carbocycles. The topological polar surface area (TPSA) is 198 Å². The van der Waals surface area contributed by atoms with Gasteiger partial charge in [-0.15, -0.1) is 0 Å². The molecular weight excluding hydrogens is 345 g/mol. The molecule has 0 aromatic carbocycles. The van der Waals surface area contributed by atoms with E-state index in [1.165, 1.54) is 0 Å². The van der Waals surface area contributed by atoms with Crippen LogP contribution in [0, 0.1) is 17.8 Å². The van der Waals surface area contributed by atoms with Crippen LogP contribution in [0.2, 0.25) is 0 Å². The van der Waals surface area contributed by atoms with E-state index >= 15 is 0 Å². The van der Waals surface area contributed by atoms with Crippen LogP contribution >= 0.6 is 0 Å². The molecule has 3 atom stereocenters. The first-order valence-corrected chi connectivity index (χ1v) is 7.55. The van der Waals surface area contributed by atoms with Crippen molar-refractivity contribution in [1.29, 1.82) is 0 Å². The second-order valence-electron chi connectivity index (χ2n) is 6.27. The molecule has 0 heterocycles. The first-order chi connectivity index (χ1) is 10.7. The molecule has 0 unspecified atom stereocenters. The SMILES string of the molecule is CC(C)[C@H](N)C(=O)[O-].CC(C)[C@H](N)C(=O)[O-].CC(C)[C@H](N)C(=O)[O-].[Al+3]. The number of hydrogen-bond donors (Lipinski definition) is 3. The number of rotatable bonds is 6. The Balaban J connectivity index is -0.000000130. The molecule has 0 amide bonds. The monoisotopic (exact) mass is 375 g/mol. The van der Waals surface area contributed by atoms with Crippen LogP contribution in [0.15, 0.2) is 0 Å². The Kier molecular flexibility index (Phi) is 20.6. The van der Waals surface area contributed by atoms with E-state index in [2.05, 4.69) is 0 Å². The average Bonchev–Trinajstić information content (AvgIpc) is 2.45.